The lowest BCUT2D eigenvalue weighted by Gasteiger charge is -2.16. The molecule has 1 heterocycles. The van der Waals surface area contributed by atoms with Crippen molar-refractivity contribution in [3.8, 4) is 5.75 Å². The number of hydrogen-bond acceptors (Lipinski definition) is 3. The van der Waals surface area contributed by atoms with Crippen molar-refractivity contribution in [2.45, 2.75) is 26.9 Å². The Morgan fingerprint density at radius 1 is 1.24 bits per heavy atom. The summed E-state index contributed by atoms with van der Waals surface area (Å²) in [7, 11) is 0. The maximum Gasteiger partial charge on any atom is 0.433 e. The SMILES string of the molecule is CC(C)(C)C(=O)Oc1ccc(C(F)(F)F)nc1. The van der Waals surface area contributed by atoms with Gasteiger partial charge in [0.05, 0.1) is 11.6 Å². The quantitative estimate of drug-likeness (QED) is 0.716. The van der Waals surface area contributed by atoms with Gasteiger partial charge in [0.2, 0.25) is 0 Å². The molecule has 0 amide bonds. The first kappa shape index (κ1) is 13.5. The number of halogens is 3. The Balaban J connectivity index is 2.80. The summed E-state index contributed by atoms with van der Waals surface area (Å²) in [5.41, 5.74) is -1.74. The van der Waals surface area contributed by atoms with Crippen LogP contribution in [0.3, 0.4) is 0 Å². The summed E-state index contributed by atoms with van der Waals surface area (Å²) in [6, 6.07) is 1.84. The molecule has 0 aromatic carbocycles. The molecule has 0 unspecified atom stereocenters. The smallest absolute Gasteiger partial charge is 0.424 e. The normalized spacial score (nSPS) is 12.4. The number of aromatic nitrogens is 1. The van der Waals surface area contributed by atoms with Crippen LogP contribution in [0.5, 0.6) is 5.75 Å². The summed E-state index contributed by atoms with van der Waals surface area (Å²) in [5, 5.41) is 0. The molecule has 17 heavy (non-hydrogen) atoms. The Bertz CT molecular complexity index is 404. The fraction of sp³-hybridized carbons (Fsp3) is 0.455. The molecule has 1 rings (SSSR count). The van der Waals surface area contributed by atoms with E-state index >= 15 is 0 Å². The van der Waals surface area contributed by atoms with Crippen LogP contribution in [0.4, 0.5) is 13.2 Å². The van der Waals surface area contributed by atoms with Gasteiger partial charge in [0.15, 0.2) is 0 Å². The van der Waals surface area contributed by atoms with Gasteiger partial charge < -0.3 is 4.74 Å². The average Bonchev–Trinajstić information content (AvgIpc) is 2.15. The van der Waals surface area contributed by atoms with Gasteiger partial charge in [-0.1, -0.05) is 0 Å². The number of nitrogens with zero attached hydrogens (tertiary/aromatic N) is 1. The predicted octanol–water partition coefficient (Wildman–Crippen LogP) is 3.05. The lowest BCUT2D eigenvalue weighted by Crippen LogP contribution is -2.25. The van der Waals surface area contributed by atoms with Crippen LogP contribution in [0.1, 0.15) is 26.5 Å². The molecule has 0 fully saturated rings. The second-order valence-corrected chi connectivity index (χ2v) is 4.52. The van der Waals surface area contributed by atoms with E-state index < -0.39 is 23.3 Å². The van der Waals surface area contributed by atoms with Gasteiger partial charge in [-0.25, -0.2) is 4.98 Å². The molecule has 3 nitrogen and oxygen atoms in total. The molecule has 0 aliphatic rings. The van der Waals surface area contributed by atoms with E-state index in [1.807, 2.05) is 0 Å². The molecular formula is C11H12F3NO2. The molecule has 0 spiro atoms. The van der Waals surface area contributed by atoms with Gasteiger partial charge in [-0.2, -0.15) is 13.2 Å². The van der Waals surface area contributed by atoms with Crippen molar-refractivity contribution < 1.29 is 22.7 Å². The molecule has 0 aliphatic carbocycles. The van der Waals surface area contributed by atoms with Crippen molar-refractivity contribution in [3.63, 3.8) is 0 Å². The number of rotatable bonds is 1. The van der Waals surface area contributed by atoms with Crippen LogP contribution in [0.25, 0.3) is 0 Å². The van der Waals surface area contributed by atoms with Crippen molar-refractivity contribution in [3.05, 3.63) is 24.0 Å². The van der Waals surface area contributed by atoms with Crippen LogP contribution in [0.2, 0.25) is 0 Å². The van der Waals surface area contributed by atoms with E-state index in [1.54, 1.807) is 20.8 Å². The fourth-order valence-electron chi connectivity index (χ4n) is 0.868. The number of esters is 1. The second kappa shape index (κ2) is 4.35. The first-order valence-electron chi connectivity index (χ1n) is 4.86. The van der Waals surface area contributed by atoms with Crippen LogP contribution < -0.4 is 4.74 Å². The summed E-state index contributed by atoms with van der Waals surface area (Å²) < 4.78 is 41.5. The van der Waals surface area contributed by atoms with Crippen LogP contribution >= 0.6 is 0 Å². The average molecular weight is 247 g/mol. The van der Waals surface area contributed by atoms with E-state index in [-0.39, 0.29) is 5.75 Å². The number of carbonyl (C=O) groups excluding carboxylic acids is 1. The highest BCUT2D eigenvalue weighted by molar-refractivity contribution is 5.77. The van der Waals surface area contributed by atoms with Crippen LogP contribution in [-0.2, 0) is 11.0 Å². The van der Waals surface area contributed by atoms with E-state index in [9.17, 15) is 18.0 Å². The Morgan fingerprint density at radius 2 is 1.82 bits per heavy atom. The van der Waals surface area contributed by atoms with Crippen molar-refractivity contribution in [1.29, 1.82) is 0 Å². The van der Waals surface area contributed by atoms with E-state index in [1.165, 1.54) is 0 Å². The lowest BCUT2D eigenvalue weighted by atomic mass is 9.97. The van der Waals surface area contributed by atoms with E-state index in [0.717, 1.165) is 18.3 Å². The molecular weight excluding hydrogens is 235 g/mol. The zero-order valence-electron chi connectivity index (χ0n) is 9.63. The largest absolute Gasteiger partial charge is 0.433 e. The first-order valence-corrected chi connectivity index (χ1v) is 4.86. The van der Waals surface area contributed by atoms with Crippen molar-refractivity contribution in [2.24, 2.45) is 5.41 Å². The maximum absolute atomic E-state index is 12.2. The molecule has 6 heteroatoms. The van der Waals surface area contributed by atoms with Gasteiger partial charge in [0.25, 0.3) is 0 Å². The van der Waals surface area contributed by atoms with Crippen molar-refractivity contribution in [2.75, 3.05) is 0 Å². The molecule has 0 bridgehead atoms. The van der Waals surface area contributed by atoms with Crippen molar-refractivity contribution >= 4 is 5.97 Å². The molecule has 0 saturated carbocycles. The molecule has 1 aromatic rings. The minimum atomic E-state index is -4.49. The standard InChI is InChI=1S/C11H12F3NO2/c1-10(2,3)9(16)17-7-4-5-8(15-6-7)11(12,13)14/h4-6H,1-3H3. The Hall–Kier alpha value is -1.59. The number of ether oxygens (including phenoxy) is 1. The zero-order chi connectivity index (χ0) is 13.3. The summed E-state index contributed by atoms with van der Waals surface area (Å²) in [4.78, 5) is 14.6. The molecule has 0 saturated heterocycles. The second-order valence-electron chi connectivity index (χ2n) is 4.52. The number of carbonyl (C=O) groups is 1. The minimum absolute atomic E-state index is 0.00192. The Kier molecular flexibility index (Phi) is 3.45. The first-order chi connectivity index (χ1) is 7.60. The Morgan fingerprint density at radius 3 is 2.18 bits per heavy atom. The van der Waals surface area contributed by atoms with E-state index in [4.69, 9.17) is 4.74 Å². The third-order valence-electron chi connectivity index (χ3n) is 1.85. The van der Waals surface area contributed by atoms with Crippen LogP contribution in [-0.4, -0.2) is 11.0 Å². The Labute approximate surface area is 96.6 Å². The number of hydrogen-bond donors (Lipinski definition) is 0. The predicted molar refractivity (Wildman–Crippen MR) is 54.3 cm³/mol. The highest BCUT2D eigenvalue weighted by Crippen LogP contribution is 2.28. The van der Waals surface area contributed by atoms with Gasteiger partial charge in [0, 0.05) is 0 Å². The lowest BCUT2D eigenvalue weighted by molar-refractivity contribution is -0.143. The van der Waals surface area contributed by atoms with E-state index in [0.29, 0.717) is 0 Å². The van der Waals surface area contributed by atoms with E-state index in [2.05, 4.69) is 4.98 Å². The monoisotopic (exact) mass is 247 g/mol. The summed E-state index contributed by atoms with van der Waals surface area (Å²) >= 11 is 0. The highest BCUT2D eigenvalue weighted by atomic mass is 19.4. The van der Waals surface area contributed by atoms with Crippen LogP contribution in [0.15, 0.2) is 18.3 Å². The summed E-state index contributed by atoms with van der Waals surface area (Å²) in [6.07, 6.45) is -3.61. The topological polar surface area (TPSA) is 39.2 Å². The van der Waals surface area contributed by atoms with Gasteiger partial charge in [-0.3, -0.25) is 4.79 Å². The van der Waals surface area contributed by atoms with Crippen molar-refractivity contribution in [1.82, 2.24) is 4.98 Å². The molecule has 0 atom stereocenters. The van der Waals surface area contributed by atoms with Gasteiger partial charge in [-0.05, 0) is 32.9 Å². The number of pyridine rings is 1. The molecule has 0 aliphatic heterocycles. The maximum atomic E-state index is 12.2. The molecule has 1 aromatic heterocycles. The summed E-state index contributed by atoms with van der Waals surface area (Å²) in [5.74, 6) is -0.531. The molecule has 0 N–H and O–H groups in total. The number of alkyl halides is 3. The van der Waals surface area contributed by atoms with Gasteiger partial charge in [0.1, 0.15) is 11.4 Å². The molecule has 94 valence electrons. The van der Waals surface area contributed by atoms with Crippen LogP contribution in [0, 0.1) is 5.41 Å². The van der Waals surface area contributed by atoms with Gasteiger partial charge >= 0.3 is 12.1 Å². The van der Waals surface area contributed by atoms with Gasteiger partial charge in [-0.15, -0.1) is 0 Å². The fourth-order valence-corrected chi connectivity index (χ4v) is 0.868. The third-order valence-corrected chi connectivity index (χ3v) is 1.85. The zero-order valence-corrected chi connectivity index (χ0v) is 9.63. The summed E-state index contributed by atoms with van der Waals surface area (Å²) in [6.45, 7) is 4.94. The minimum Gasteiger partial charge on any atom is -0.424 e. The molecule has 0 radical (unpaired) electrons. The highest BCUT2D eigenvalue weighted by Gasteiger charge is 2.32. The third kappa shape index (κ3) is 3.72.